The Morgan fingerprint density at radius 3 is 2.38 bits per heavy atom. The Labute approximate surface area is 199 Å². The molecule has 0 aliphatic carbocycles. The maximum Gasteiger partial charge on any atom is 0.138 e. The molecule has 2 aromatic rings. The lowest BCUT2D eigenvalue weighted by Gasteiger charge is -2.23. The number of hydrogen-bond donors (Lipinski definition) is 0. The highest BCUT2D eigenvalue weighted by atomic mass is 32.2. The van der Waals surface area contributed by atoms with Crippen molar-refractivity contribution in [3.63, 3.8) is 0 Å². The highest BCUT2D eigenvalue weighted by Gasteiger charge is 2.26. The van der Waals surface area contributed by atoms with Crippen LogP contribution in [0.4, 0.5) is 0 Å². The summed E-state index contributed by atoms with van der Waals surface area (Å²) < 4.78 is 2.03. The Balaban J connectivity index is 0.00000249. The van der Waals surface area contributed by atoms with E-state index in [0.717, 1.165) is 34.0 Å². The van der Waals surface area contributed by atoms with Crippen molar-refractivity contribution in [2.24, 2.45) is 12.5 Å². The first-order valence-corrected chi connectivity index (χ1v) is 12.3. The van der Waals surface area contributed by atoms with Crippen molar-refractivity contribution in [2.45, 2.75) is 72.8 Å². The minimum atomic E-state index is -0.335. The van der Waals surface area contributed by atoms with E-state index in [9.17, 15) is 4.79 Å². The van der Waals surface area contributed by atoms with E-state index in [2.05, 4.69) is 61.8 Å². The van der Waals surface area contributed by atoms with Gasteiger partial charge in [0.1, 0.15) is 16.5 Å². The van der Waals surface area contributed by atoms with E-state index in [0.29, 0.717) is 12.2 Å². The van der Waals surface area contributed by atoms with Crippen LogP contribution in [0.15, 0.2) is 70.9 Å². The first kappa shape index (κ1) is 27.7. The van der Waals surface area contributed by atoms with Crippen LogP contribution in [0.25, 0.3) is 11.3 Å². The van der Waals surface area contributed by atoms with Crippen LogP contribution in [0, 0.1) is 5.41 Å². The number of thioether (sulfide) groups is 1. The molecule has 0 aliphatic heterocycles. The number of imidazole rings is 1. The van der Waals surface area contributed by atoms with Gasteiger partial charge in [-0.15, -0.1) is 0 Å². The molecule has 2 rings (SSSR count). The van der Waals surface area contributed by atoms with Gasteiger partial charge in [0.05, 0.1) is 6.33 Å². The van der Waals surface area contributed by atoms with Gasteiger partial charge in [0.2, 0.25) is 0 Å². The lowest BCUT2D eigenvalue weighted by atomic mass is 9.80. The van der Waals surface area contributed by atoms with Crippen molar-refractivity contribution in [3.8, 4) is 11.3 Å². The molecule has 32 heavy (non-hydrogen) atoms. The van der Waals surface area contributed by atoms with Crippen molar-refractivity contribution in [3.05, 3.63) is 71.4 Å². The fourth-order valence-electron chi connectivity index (χ4n) is 3.17. The molecule has 1 aromatic heterocycles. The Bertz CT molecular complexity index is 946. The van der Waals surface area contributed by atoms with E-state index in [4.69, 9.17) is 0 Å². The third-order valence-electron chi connectivity index (χ3n) is 5.20. The zero-order valence-corrected chi connectivity index (χ0v) is 22.0. The molecule has 4 heteroatoms. The topological polar surface area (TPSA) is 34.9 Å². The number of rotatable bonds is 10. The van der Waals surface area contributed by atoms with E-state index in [1.807, 2.05) is 58.6 Å². The summed E-state index contributed by atoms with van der Waals surface area (Å²) >= 11 is 1.62. The van der Waals surface area contributed by atoms with Gasteiger partial charge < -0.3 is 4.57 Å². The van der Waals surface area contributed by atoms with E-state index in [1.165, 1.54) is 11.1 Å². The third kappa shape index (κ3) is 7.98. The third-order valence-corrected chi connectivity index (χ3v) is 6.28. The van der Waals surface area contributed by atoms with Crippen molar-refractivity contribution in [1.29, 1.82) is 0 Å². The van der Waals surface area contributed by atoms with Gasteiger partial charge in [-0.05, 0) is 38.3 Å². The van der Waals surface area contributed by atoms with Gasteiger partial charge in [-0.25, -0.2) is 4.98 Å². The lowest BCUT2D eigenvalue weighted by molar-refractivity contribution is -0.127. The molecule has 1 aromatic carbocycles. The van der Waals surface area contributed by atoms with E-state index in [1.54, 1.807) is 11.8 Å². The fourth-order valence-corrected chi connectivity index (χ4v) is 4.01. The average molecular weight is 453 g/mol. The second kappa shape index (κ2) is 13.3. The largest absolute Gasteiger partial charge is 0.328 e. The molecule has 0 amide bonds. The van der Waals surface area contributed by atoms with Crippen LogP contribution in [0.2, 0.25) is 0 Å². The number of nitrogens with zero attached hydrogens (tertiary/aromatic N) is 2. The number of Topliss-reactive ketones (excluding diaryl/α,β-unsaturated/α-hetero) is 1. The number of ketones is 1. The fraction of sp³-hybridized carbons (Fsp3) is 0.429. The molecular formula is C28H40N2OS. The normalized spacial score (nSPS) is 11.9. The SMILES string of the molecule is C=C(/C=C\C(C)=C/C)Sc1c(-c2ccc(CC(C)(C)C(=O)CCC)cc2)ncn1C.CC. The van der Waals surface area contributed by atoms with Crippen LogP contribution in [0.1, 0.15) is 66.9 Å². The molecule has 0 saturated carbocycles. The van der Waals surface area contributed by atoms with Crippen LogP contribution >= 0.6 is 11.8 Å². The second-order valence-corrected chi connectivity index (χ2v) is 9.49. The van der Waals surface area contributed by atoms with E-state index < -0.39 is 0 Å². The van der Waals surface area contributed by atoms with Crippen molar-refractivity contribution < 1.29 is 4.79 Å². The highest BCUT2D eigenvalue weighted by Crippen LogP contribution is 2.35. The van der Waals surface area contributed by atoms with Gasteiger partial charge in [-0.2, -0.15) is 0 Å². The number of aryl methyl sites for hydroxylation is 1. The van der Waals surface area contributed by atoms with Gasteiger partial charge >= 0.3 is 0 Å². The molecule has 174 valence electrons. The van der Waals surface area contributed by atoms with Crippen LogP contribution in [0.3, 0.4) is 0 Å². The summed E-state index contributed by atoms with van der Waals surface area (Å²) in [6.07, 6.45) is 10.3. The number of allylic oxidation sites excluding steroid dienone is 4. The van der Waals surface area contributed by atoms with Crippen molar-refractivity contribution >= 4 is 17.5 Å². The quantitative estimate of drug-likeness (QED) is 0.269. The standard InChI is InChI=1S/C26H34N2OS.C2H6/c1-8-10-23(29)26(5,6)17-21-13-15-22(16-14-21)24-25(28(7)18-27-24)30-20(4)12-11-19(3)9-2;1-2/h9,11-16,18H,4,8,10,17H2,1-3,5-7H3;1-2H3/b12-11-,19-9-;. The first-order valence-electron chi connectivity index (χ1n) is 11.5. The molecule has 0 unspecified atom stereocenters. The molecule has 0 bridgehead atoms. The van der Waals surface area contributed by atoms with Gasteiger partial charge in [0.15, 0.2) is 0 Å². The summed E-state index contributed by atoms with van der Waals surface area (Å²) in [6, 6.07) is 8.43. The number of hydrogen-bond acceptors (Lipinski definition) is 3. The minimum Gasteiger partial charge on any atom is -0.328 e. The predicted molar refractivity (Wildman–Crippen MR) is 141 cm³/mol. The molecular weight excluding hydrogens is 412 g/mol. The molecule has 0 N–H and O–H groups in total. The monoisotopic (exact) mass is 452 g/mol. The van der Waals surface area contributed by atoms with Crippen LogP contribution in [-0.2, 0) is 18.3 Å². The van der Waals surface area contributed by atoms with Crippen LogP contribution < -0.4 is 0 Å². The number of aromatic nitrogens is 2. The molecule has 0 spiro atoms. The minimum absolute atomic E-state index is 0.331. The summed E-state index contributed by atoms with van der Waals surface area (Å²) in [5.74, 6) is 0.331. The molecule has 0 atom stereocenters. The van der Waals surface area contributed by atoms with Gasteiger partial charge in [-0.1, -0.05) is 95.0 Å². The number of carbonyl (C=O) groups is 1. The Kier molecular flexibility index (Phi) is 11.5. The summed E-state index contributed by atoms with van der Waals surface area (Å²) in [6.45, 7) is 18.4. The zero-order valence-electron chi connectivity index (χ0n) is 21.2. The summed E-state index contributed by atoms with van der Waals surface area (Å²) in [4.78, 5) is 18.0. The van der Waals surface area contributed by atoms with Crippen LogP contribution in [0.5, 0.6) is 0 Å². The van der Waals surface area contributed by atoms with Crippen molar-refractivity contribution in [1.82, 2.24) is 9.55 Å². The van der Waals surface area contributed by atoms with Gasteiger partial charge in [0, 0.05) is 29.4 Å². The zero-order chi connectivity index (χ0) is 24.3. The lowest BCUT2D eigenvalue weighted by Crippen LogP contribution is -2.26. The molecule has 1 heterocycles. The van der Waals surface area contributed by atoms with Gasteiger partial charge in [-0.3, -0.25) is 4.79 Å². The van der Waals surface area contributed by atoms with Gasteiger partial charge in [0.25, 0.3) is 0 Å². The Hall–Kier alpha value is -2.33. The molecule has 0 fully saturated rings. The van der Waals surface area contributed by atoms with Crippen LogP contribution in [-0.4, -0.2) is 15.3 Å². The summed E-state index contributed by atoms with van der Waals surface area (Å²) in [5.41, 5.74) is 4.07. The summed E-state index contributed by atoms with van der Waals surface area (Å²) in [5, 5.41) is 1.06. The van der Waals surface area contributed by atoms with Crippen molar-refractivity contribution in [2.75, 3.05) is 0 Å². The summed E-state index contributed by atoms with van der Waals surface area (Å²) in [7, 11) is 2.00. The Morgan fingerprint density at radius 1 is 1.19 bits per heavy atom. The predicted octanol–water partition coefficient (Wildman–Crippen LogP) is 8.18. The highest BCUT2D eigenvalue weighted by molar-refractivity contribution is 8.03. The molecule has 3 nitrogen and oxygen atoms in total. The smallest absolute Gasteiger partial charge is 0.138 e. The number of benzene rings is 1. The molecule has 0 radical (unpaired) electrons. The molecule has 0 aliphatic rings. The Morgan fingerprint density at radius 2 is 1.81 bits per heavy atom. The number of carbonyl (C=O) groups excluding carboxylic acids is 1. The molecule has 0 saturated heterocycles. The van der Waals surface area contributed by atoms with E-state index >= 15 is 0 Å². The average Bonchev–Trinajstić information content (AvgIpc) is 3.14. The van der Waals surface area contributed by atoms with E-state index in [-0.39, 0.29) is 5.41 Å². The first-order chi connectivity index (χ1) is 15.2. The second-order valence-electron chi connectivity index (χ2n) is 8.37. The maximum atomic E-state index is 12.4. The maximum absolute atomic E-state index is 12.4.